The monoisotopic (exact) mass is 221 g/mol. The van der Waals surface area contributed by atoms with Gasteiger partial charge in [0.2, 0.25) is 0 Å². The van der Waals surface area contributed by atoms with E-state index in [0.29, 0.717) is 14.0 Å². The Bertz CT molecular complexity index is 144. The summed E-state index contributed by atoms with van der Waals surface area (Å²) in [6.45, 7) is 13.9. The van der Waals surface area contributed by atoms with E-state index >= 15 is 0 Å². The van der Waals surface area contributed by atoms with E-state index in [1.54, 1.807) is 0 Å². The molecule has 0 amide bonds. The number of hydrogen-bond acceptors (Lipinski definition) is 1. The molecule has 1 atom stereocenters. The SMILES string of the molecule is CC(C)[Si](C)(N[Si]Cl)C(C)(C)C. The first-order valence-electron chi connectivity index (χ1n) is 4.38. The van der Waals surface area contributed by atoms with Crippen LogP contribution in [-0.2, 0) is 0 Å². The van der Waals surface area contributed by atoms with E-state index in [1.807, 2.05) is 0 Å². The zero-order valence-electron chi connectivity index (χ0n) is 8.96. The Morgan fingerprint density at radius 3 is 1.83 bits per heavy atom. The van der Waals surface area contributed by atoms with E-state index < -0.39 is 8.24 Å². The standard InChI is InChI=1S/C8H20ClNSi2/c1-7(2)12(6,10-11-9)8(3,4)5/h7,10H,1-6H3. The topological polar surface area (TPSA) is 12.0 Å². The Morgan fingerprint density at radius 2 is 1.75 bits per heavy atom. The van der Waals surface area contributed by atoms with E-state index in [1.165, 1.54) is 0 Å². The molecule has 0 fully saturated rings. The van der Waals surface area contributed by atoms with Crippen molar-refractivity contribution in [3.8, 4) is 0 Å². The van der Waals surface area contributed by atoms with Crippen molar-refractivity contribution >= 4 is 28.3 Å². The van der Waals surface area contributed by atoms with E-state index in [4.69, 9.17) is 11.1 Å². The van der Waals surface area contributed by atoms with Crippen molar-refractivity contribution in [2.45, 2.75) is 51.7 Å². The Morgan fingerprint density at radius 1 is 1.33 bits per heavy atom. The highest BCUT2D eigenvalue weighted by Gasteiger charge is 2.42. The lowest BCUT2D eigenvalue weighted by Gasteiger charge is -2.43. The molecule has 0 aliphatic heterocycles. The second-order valence-corrected chi connectivity index (χ2v) is 11.6. The maximum absolute atomic E-state index is 5.79. The van der Waals surface area contributed by atoms with E-state index in [0.717, 1.165) is 5.54 Å². The lowest BCUT2D eigenvalue weighted by Crippen LogP contribution is -2.57. The molecule has 0 aliphatic carbocycles. The van der Waals surface area contributed by atoms with Gasteiger partial charge in [-0.3, -0.25) is 0 Å². The smallest absolute Gasteiger partial charge is 0.263 e. The van der Waals surface area contributed by atoms with E-state index in [9.17, 15) is 0 Å². The maximum atomic E-state index is 5.79. The van der Waals surface area contributed by atoms with Crippen molar-refractivity contribution in [3.05, 3.63) is 0 Å². The number of nitrogens with one attached hydrogen (secondary N) is 1. The largest absolute Gasteiger partial charge is 0.347 e. The van der Waals surface area contributed by atoms with Gasteiger partial charge in [-0.15, -0.1) is 11.1 Å². The zero-order valence-corrected chi connectivity index (χ0v) is 11.7. The molecule has 1 nitrogen and oxygen atoms in total. The molecule has 0 saturated carbocycles. The van der Waals surface area contributed by atoms with Crippen molar-refractivity contribution in [1.29, 1.82) is 0 Å². The van der Waals surface area contributed by atoms with Crippen molar-refractivity contribution in [2.75, 3.05) is 0 Å². The van der Waals surface area contributed by atoms with Crippen LogP contribution < -0.4 is 4.65 Å². The summed E-state index contributed by atoms with van der Waals surface area (Å²) in [6, 6.07) is 0. The van der Waals surface area contributed by atoms with Gasteiger partial charge in [0.1, 0.15) is 8.24 Å². The molecule has 0 bridgehead atoms. The molecular formula is C8H20ClNSi2. The molecule has 1 N–H and O–H groups in total. The minimum Gasteiger partial charge on any atom is -0.347 e. The average Bonchev–Trinajstić information content (AvgIpc) is 1.85. The molecule has 4 heteroatoms. The van der Waals surface area contributed by atoms with Gasteiger partial charge in [0, 0.05) is 0 Å². The third kappa shape index (κ3) is 2.59. The van der Waals surface area contributed by atoms with Crippen LogP contribution in [0.2, 0.25) is 17.1 Å². The van der Waals surface area contributed by atoms with Gasteiger partial charge in [0.15, 0.2) is 0 Å². The molecule has 2 radical (unpaired) electrons. The number of halogens is 1. The summed E-state index contributed by atoms with van der Waals surface area (Å²) < 4.78 is 3.53. The first kappa shape index (κ1) is 12.7. The van der Waals surface area contributed by atoms with Gasteiger partial charge < -0.3 is 4.65 Å². The van der Waals surface area contributed by atoms with Gasteiger partial charge in [0.05, 0.1) is 0 Å². The van der Waals surface area contributed by atoms with Crippen LogP contribution in [0.25, 0.3) is 0 Å². The Labute approximate surface area is 85.0 Å². The van der Waals surface area contributed by atoms with Crippen molar-refractivity contribution in [3.63, 3.8) is 0 Å². The Balaban J connectivity index is 4.62. The molecular weight excluding hydrogens is 202 g/mol. The molecule has 0 aliphatic rings. The van der Waals surface area contributed by atoms with E-state index in [-0.39, 0.29) is 0 Å². The van der Waals surface area contributed by atoms with Gasteiger partial charge in [-0.1, -0.05) is 41.2 Å². The van der Waals surface area contributed by atoms with Crippen LogP contribution in [0, 0.1) is 0 Å². The summed E-state index contributed by atoms with van der Waals surface area (Å²) in [5, 5.41) is 0.378. The fraction of sp³-hybridized carbons (Fsp3) is 1.00. The van der Waals surface area contributed by atoms with Gasteiger partial charge in [-0.25, -0.2) is 0 Å². The lowest BCUT2D eigenvalue weighted by molar-refractivity contribution is 0.681. The van der Waals surface area contributed by atoms with Gasteiger partial charge in [-0.05, 0) is 10.6 Å². The van der Waals surface area contributed by atoms with E-state index in [2.05, 4.69) is 45.8 Å². The lowest BCUT2D eigenvalue weighted by atomic mass is 10.2. The number of hydrogen-bond donors (Lipinski definition) is 1. The minimum atomic E-state index is -1.40. The third-order valence-electron chi connectivity index (χ3n) is 3.02. The van der Waals surface area contributed by atoms with Crippen LogP contribution in [0.1, 0.15) is 34.6 Å². The Kier molecular flexibility index (Phi) is 4.51. The second-order valence-electron chi connectivity index (χ2n) is 4.83. The van der Waals surface area contributed by atoms with Crippen LogP contribution >= 0.6 is 11.1 Å². The molecule has 0 aromatic carbocycles. The van der Waals surface area contributed by atoms with Crippen LogP contribution in [0.4, 0.5) is 0 Å². The van der Waals surface area contributed by atoms with Gasteiger partial charge >= 0.3 is 0 Å². The summed E-state index contributed by atoms with van der Waals surface area (Å²) in [5.74, 6) is 0. The first-order valence-corrected chi connectivity index (χ1v) is 8.97. The van der Waals surface area contributed by atoms with Gasteiger partial charge in [-0.2, -0.15) is 0 Å². The molecule has 72 valence electrons. The minimum absolute atomic E-state index is 0.359. The molecule has 0 rings (SSSR count). The molecule has 0 spiro atoms. The normalized spacial score (nSPS) is 18.0. The zero-order chi connectivity index (χ0) is 9.99. The van der Waals surface area contributed by atoms with Crippen molar-refractivity contribution < 1.29 is 0 Å². The molecule has 1 unspecified atom stereocenters. The molecule has 0 aromatic rings. The van der Waals surface area contributed by atoms with Crippen molar-refractivity contribution in [1.82, 2.24) is 4.65 Å². The summed E-state index contributed by atoms with van der Waals surface area (Å²) in [4.78, 5) is 0. The average molecular weight is 222 g/mol. The predicted molar refractivity (Wildman–Crippen MR) is 61.2 cm³/mol. The fourth-order valence-corrected chi connectivity index (χ4v) is 8.23. The first-order chi connectivity index (χ1) is 5.25. The summed E-state index contributed by atoms with van der Waals surface area (Å²) >= 11 is 5.79. The highest BCUT2D eigenvalue weighted by molar-refractivity contribution is 7.00. The quantitative estimate of drug-likeness (QED) is 0.571. The highest BCUT2D eigenvalue weighted by atomic mass is 35.6. The van der Waals surface area contributed by atoms with Crippen molar-refractivity contribution in [2.24, 2.45) is 0 Å². The Hall–Kier alpha value is 0.684. The summed E-state index contributed by atoms with van der Waals surface area (Å²) in [6.07, 6.45) is 0. The van der Waals surface area contributed by atoms with Crippen LogP contribution in [0.5, 0.6) is 0 Å². The third-order valence-corrected chi connectivity index (χ3v) is 11.8. The highest BCUT2D eigenvalue weighted by Crippen LogP contribution is 2.40. The number of rotatable bonds is 3. The fourth-order valence-electron chi connectivity index (χ4n) is 1.30. The molecule has 12 heavy (non-hydrogen) atoms. The molecule has 0 saturated heterocycles. The second kappa shape index (κ2) is 4.26. The van der Waals surface area contributed by atoms with Gasteiger partial charge in [0.25, 0.3) is 8.99 Å². The maximum Gasteiger partial charge on any atom is 0.263 e. The summed E-state index contributed by atoms with van der Waals surface area (Å²) in [5.41, 5.74) is 0.726. The predicted octanol–water partition coefficient (Wildman–Crippen LogP) is 3.13. The molecule has 0 aromatic heterocycles. The van der Waals surface area contributed by atoms with Crippen LogP contribution in [0.3, 0.4) is 0 Å². The molecule has 0 heterocycles. The van der Waals surface area contributed by atoms with Crippen LogP contribution in [-0.4, -0.2) is 17.2 Å². The van der Waals surface area contributed by atoms with Crippen LogP contribution in [0.15, 0.2) is 0 Å². The summed E-state index contributed by atoms with van der Waals surface area (Å²) in [7, 11) is -1.04.